The predicted octanol–water partition coefficient (Wildman–Crippen LogP) is 2.92. The number of hydrogen-bond donors (Lipinski definition) is 0. The van der Waals surface area contributed by atoms with Crippen molar-refractivity contribution in [3.05, 3.63) is 29.3 Å². The van der Waals surface area contributed by atoms with Crippen LogP contribution in [0.5, 0.6) is 0 Å². The van der Waals surface area contributed by atoms with Crippen molar-refractivity contribution in [3.8, 4) is 0 Å². The van der Waals surface area contributed by atoms with Gasteiger partial charge in [0.2, 0.25) is 0 Å². The molecule has 0 saturated carbocycles. The van der Waals surface area contributed by atoms with E-state index in [9.17, 15) is 0 Å². The van der Waals surface area contributed by atoms with Crippen LogP contribution in [0.3, 0.4) is 0 Å². The second-order valence-corrected chi connectivity index (χ2v) is 5.52. The molecule has 1 aliphatic rings. The Morgan fingerprint density at radius 2 is 2.06 bits per heavy atom. The van der Waals surface area contributed by atoms with E-state index < -0.39 is 0 Å². The van der Waals surface area contributed by atoms with E-state index in [-0.39, 0.29) is 0 Å². The summed E-state index contributed by atoms with van der Waals surface area (Å²) in [5.74, 6) is 0.841. The van der Waals surface area contributed by atoms with Gasteiger partial charge in [-0.25, -0.2) is 0 Å². The molecular weight excluding hydrogens is 232 g/mol. The van der Waals surface area contributed by atoms with Gasteiger partial charge in [-0.1, -0.05) is 11.6 Å². The highest BCUT2D eigenvalue weighted by molar-refractivity contribution is 6.30. The molecule has 1 heterocycles. The summed E-state index contributed by atoms with van der Waals surface area (Å²) in [6.45, 7) is 3.48. The number of nitrogens with zero attached hydrogens (tertiary/aromatic N) is 2. The van der Waals surface area contributed by atoms with Crippen molar-refractivity contribution in [1.82, 2.24) is 4.90 Å². The molecule has 1 aromatic carbocycles. The van der Waals surface area contributed by atoms with Crippen molar-refractivity contribution in [1.29, 1.82) is 0 Å². The first kappa shape index (κ1) is 12.7. The maximum atomic E-state index is 5.88. The van der Waals surface area contributed by atoms with Crippen LogP contribution in [0.2, 0.25) is 5.02 Å². The van der Waals surface area contributed by atoms with Gasteiger partial charge in [0.25, 0.3) is 0 Å². The lowest BCUT2D eigenvalue weighted by Gasteiger charge is -2.34. The maximum absolute atomic E-state index is 5.88. The monoisotopic (exact) mass is 251 g/mol. The molecule has 1 radical (unpaired) electrons. The quantitative estimate of drug-likeness (QED) is 0.815. The van der Waals surface area contributed by atoms with Gasteiger partial charge in [0.15, 0.2) is 0 Å². The molecule has 0 aliphatic carbocycles. The lowest BCUT2D eigenvalue weighted by atomic mass is 9.96. The summed E-state index contributed by atoms with van der Waals surface area (Å²) in [5, 5.41) is 0.760. The van der Waals surface area contributed by atoms with Gasteiger partial charge in [-0.3, -0.25) is 0 Å². The second kappa shape index (κ2) is 5.74. The highest BCUT2D eigenvalue weighted by Crippen LogP contribution is 2.24. The van der Waals surface area contributed by atoms with Gasteiger partial charge in [0.05, 0.1) is 0 Å². The van der Waals surface area contributed by atoms with Gasteiger partial charge in [0, 0.05) is 36.4 Å². The van der Waals surface area contributed by atoms with E-state index >= 15 is 0 Å². The fraction of sp³-hybridized carbons (Fsp3) is 0.571. The molecule has 0 unspecified atom stereocenters. The Kier molecular flexibility index (Phi) is 4.30. The van der Waals surface area contributed by atoms with Crippen LogP contribution < -0.4 is 4.90 Å². The summed E-state index contributed by atoms with van der Waals surface area (Å²) in [5.41, 5.74) is 1.18. The third-order valence-electron chi connectivity index (χ3n) is 3.34. The normalized spacial score (nSPS) is 17.8. The summed E-state index contributed by atoms with van der Waals surface area (Å²) in [7, 11) is 4.30. The highest BCUT2D eigenvalue weighted by Gasteiger charge is 2.19. The zero-order valence-corrected chi connectivity index (χ0v) is 11.4. The smallest absolute Gasteiger partial charge is 0.0447 e. The van der Waals surface area contributed by atoms with Crippen molar-refractivity contribution >= 4 is 17.3 Å². The molecule has 3 heteroatoms. The lowest BCUT2D eigenvalue weighted by Crippen LogP contribution is -2.37. The third kappa shape index (κ3) is 3.62. The number of hydrogen-bond acceptors (Lipinski definition) is 2. The second-order valence-electron chi connectivity index (χ2n) is 5.08. The van der Waals surface area contributed by atoms with E-state index in [1.165, 1.54) is 25.1 Å². The molecule has 0 atom stereocenters. The topological polar surface area (TPSA) is 6.48 Å². The Morgan fingerprint density at radius 3 is 2.59 bits per heavy atom. The molecule has 2 rings (SSSR count). The van der Waals surface area contributed by atoms with E-state index in [0.29, 0.717) is 0 Å². The van der Waals surface area contributed by atoms with Crippen LogP contribution in [0.4, 0.5) is 5.69 Å². The SMILES string of the molecule is CN(C)CC1CCN(c2[c]cc(Cl)cc2)CC1. The van der Waals surface area contributed by atoms with Gasteiger partial charge in [-0.2, -0.15) is 0 Å². The fourth-order valence-corrected chi connectivity index (χ4v) is 2.58. The number of benzene rings is 1. The first-order chi connectivity index (χ1) is 8.15. The fourth-order valence-electron chi connectivity index (χ4n) is 2.47. The van der Waals surface area contributed by atoms with Crippen molar-refractivity contribution < 1.29 is 0 Å². The van der Waals surface area contributed by atoms with Gasteiger partial charge >= 0.3 is 0 Å². The molecule has 1 fully saturated rings. The Morgan fingerprint density at radius 1 is 1.35 bits per heavy atom. The van der Waals surface area contributed by atoms with Crippen LogP contribution in [0.25, 0.3) is 0 Å². The first-order valence-electron chi connectivity index (χ1n) is 6.22. The molecule has 0 aromatic heterocycles. The molecule has 0 amide bonds. The van der Waals surface area contributed by atoms with Crippen molar-refractivity contribution in [2.75, 3.05) is 38.6 Å². The summed E-state index contributed by atoms with van der Waals surface area (Å²) in [4.78, 5) is 4.69. The summed E-state index contributed by atoms with van der Waals surface area (Å²) in [6.07, 6.45) is 2.54. The molecule has 0 N–H and O–H groups in total. The standard InChI is InChI=1S/C14H20ClN2/c1-16(2)11-12-7-9-17(10-8-12)14-5-3-13(15)4-6-14/h3-5,12H,7-11H2,1-2H3. The maximum Gasteiger partial charge on any atom is 0.0447 e. The average molecular weight is 252 g/mol. The van der Waals surface area contributed by atoms with Gasteiger partial charge < -0.3 is 9.80 Å². The van der Waals surface area contributed by atoms with Crippen molar-refractivity contribution in [2.24, 2.45) is 5.92 Å². The molecule has 93 valence electrons. The van der Waals surface area contributed by atoms with Crippen molar-refractivity contribution in [3.63, 3.8) is 0 Å². The molecule has 2 nitrogen and oxygen atoms in total. The molecule has 1 aliphatic heterocycles. The largest absolute Gasteiger partial charge is 0.371 e. The first-order valence-corrected chi connectivity index (χ1v) is 6.60. The minimum Gasteiger partial charge on any atom is -0.371 e. The molecule has 1 saturated heterocycles. The molecular formula is C14H20ClN2. The number of rotatable bonds is 3. The Balaban J connectivity index is 1.88. The minimum atomic E-state index is 0.760. The third-order valence-corrected chi connectivity index (χ3v) is 3.57. The van der Waals surface area contributed by atoms with E-state index in [0.717, 1.165) is 24.0 Å². The molecule has 1 aromatic rings. The van der Waals surface area contributed by atoms with Crippen molar-refractivity contribution in [2.45, 2.75) is 12.8 Å². The summed E-state index contributed by atoms with van der Waals surface area (Å²) >= 11 is 5.88. The van der Waals surface area contributed by atoms with Gasteiger partial charge in [0.1, 0.15) is 0 Å². The van der Waals surface area contributed by atoms with Crippen LogP contribution in [0.1, 0.15) is 12.8 Å². The lowest BCUT2D eigenvalue weighted by molar-refractivity contribution is 0.285. The van der Waals surface area contributed by atoms with Gasteiger partial charge in [-0.05, 0) is 51.1 Å². The summed E-state index contributed by atoms with van der Waals surface area (Å²) < 4.78 is 0. The molecule has 0 spiro atoms. The van der Waals surface area contributed by atoms with E-state index in [2.05, 4.69) is 36.0 Å². The Bertz CT molecular complexity index is 340. The van der Waals surface area contributed by atoms with Gasteiger partial charge in [-0.15, -0.1) is 0 Å². The molecule has 0 bridgehead atoms. The zero-order valence-electron chi connectivity index (χ0n) is 10.6. The van der Waals surface area contributed by atoms with Crippen LogP contribution in [0, 0.1) is 12.0 Å². The highest BCUT2D eigenvalue weighted by atomic mass is 35.5. The van der Waals surface area contributed by atoms with Crippen LogP contribution in [-0.2, 0) is 0 Å². The number of halogens is 1. The molecule has 17 heavy (non-hydrogen) atoms. The Hall–Kier alpha value is -0.730. The number of anilines is 1. The average Bonchev–Trinajstić information content (AvgIpc) is 2.30. The summed E-state index contributed by atoms with van der Waals surface area (Å²) in [6, 6.07) is 9.10. The van der Waals surface area contributed by atoms with Crippen LogP contribution in [-0.4, -0.2) is 38.6 Å². The van der Waals surface area contributed by atoms with E-state index in [1.54, 1.807) is 0 Å². The predicted molar refractivity (Wildman–Crippen MR) is 73.8 cm³/mol. The minimum absolute atomic E-state index is 0.760. The van der Waals surface area contributed by atoms with Crippen LogP contribution >= 0.6 is 11.6 Å². The van der Waals surface area contributed by atoms with E-state index in [1.807, 2.05) is 12.1 Å². The van der Waals surface area contributed by atoms with E-state index in [4.69, 9.17) is 11.6 Å². The number of piperidine rings is 1. The zero-order chi connectivity index (χ0) is 12.3. The van der Waals surface area contributed by atoms with Crippen LogP contribution in [0.15, 0.2) is 18.2 Å². The Labute approximate surface area is 109 Å².